The van der Waals surface area contributed by atoms with Crippen LogP contribution in [0, 0.1) is 6.07 Å². The summed E-state index contributed by atoms with van der Waals surface area (Å²) in [6, 6.07) is 43.2. The minimum Gasteiger partial charge on any atom is -0.507 e. The molecule has 0 atom stereocenters. The van der Waals surface area contributed by atoms with E-state index in [-0.39, 0.29) is 31.6 Å². The molecular formula is C33H23IrN2O2-. The van der Waals surface area contributed by atoms with Gasteiger partial charge in [-0.2, -0.15) is 12.1 Å². The Bertz CT molecular complexity index is 1620. The van der Waals surface area contributed by atoms with Crippen molar-refractivity contribution in [1.82, 2.24) is 9.97 Å². The number of nitrogens with zero attached hydrogens (tertiary/aromatic N) is 2. The van der Waals surface area contributed by atoms with Gasteiger partial charge in [0, 0.05) is 42.8 Å². The minimum absolute atomic E-state index is 0. The largest absolute Gasteiger partial charge is 0.507 e. The number of rotatable bonds is 4. The van der Waals surface area contributed by atoms with E-state index in [1.807, 2.05) is 78.9 Å². The van der Waals surface area contributed by atoms with Crippen molar-refractivity contribution in [3.8, 4) is 11.4 Å². The maximum atomic E-state index is 11.8. The Hall–Kier alpha value is -4.44. The number of allylic oxidation sites excluding steroid dienone is 1. The molecule has 2 aromatic heterocycles. The predicted molar refractivity (Wildman–Crippen MR) is 149 cm³/mol. The molecule has 38 heavy (non-hydrogen) atoms. The van der Waals surface area contributed by atoms with E-state index >= 15 is 0 Å². The van der Waals surface area contributed by atoms with Crippen molar-refractivity contribution in [2.75, 3.05) is 0 Å². The Kier molecular flexibility index (Phi) is 8.89. The van der Waals surface area contributed by atoms with Crippen molar-refractivity contribution >= 4 is 33.3 Å². The van der Waals surface area contributed by atoms with Gasteiger partial charge in [-0.1, -0.05) is 109 Å². The second kappa shape index (κ2) is 12.7. The van der Waals surface area contributed by atoms with Crippen LogP contribution in [0.5, 0.6) is 0 Å². The first-order chi connectivity index (χ1) is 18.2. The smallest absolute Gasteiger partial charge is 0.189 e. The van der Waals surface area contributed by atoms with Gasteiger partial charge in [-0.25, -0.2) is 0 Å². The third-order valence-electron chi connectivity index (χ3n) is 5.77. The van der Waals surface area contributed by atoms with Gasteiger partial charge in [0.2, 0.25) is 0 Å². The van der Waals surface area contributed by atoms with Crippen molar-refractivity contribution < 1.29 is 30.0 Å². The molecule has 0 saturated heterocycles. The number of ketones is 1. The number of para-hydroxylation sites is 2. The maximum Gasteiger partial charge on any atom is 0.189 e. The molecule has 0 saturated carbocycles. The Labute approximate surface area is 234 Å². The summed E-state index contributed by atoms with van der Waals surface area (Å²) in [7, 11) is 0. The summed E-state index contributed by atoms with van der Waals surface area (Å²) < 4.78 is 0. The van der Waals surface area contributed by atoms with Gasteiger partial charge in [0.1, 0.15) is 5.76 Å². The first kappa shape index (κ1) is 26.6. The van der Waals surface area contributed by atoms with Crippen LogP contribution in [0.4, 0.5) is 0 Å². The van der Waals surface area contributed by atoms with E-state index in [2.05, 4.69) is 28.2 Å². The molecule has 5 heteroatoms. The van der Waals surface area contributed by atoms with Crippen LogP contribution in [-0.2, 0) is 20.1 Å². The molecule has 6 aromatic rings. The molecule has 0 unspecified atom stereocenters. The van der Waals surface area contributed by atoms with Crippen LogP contribution >= 0.6 is 0 Å². The van der Waals surface area contributed by atoms with E-state index in [1.165, 1.54) is 6.08 Å². The van der Waals surface area contributed by atoms with Crippen LogP contribution in [0.3, 0.4) is 0 Å². The van der Waals surface area contributed by atoms with Gasteiger partial charge in [-0.15, -0.1) is 6.07 Å². The number of aromatic nitrogens is 2. The van der Waals surface area contributed by atoms with Crippen LogP contribution in [0.1, 0.15) is 15.9 Å². The number of benzene rings is 4. The molecule has 1 radical (unpaired) electrons. The number of carbonyl (C=O) groups is 1. The van der Waals surface area contributed by atoms with Crippen molar-refractivity contribution in [1.29, 1.82) is 0 Å². The summed E-state index contributed by atoms with van der Waals surface area (Å²) in [5.41, 5.74) is 4.79. The summed E-state index contributed by atoms with van der Waals surface area (Å²) in [5, 5.41) is 12.0. The summed E-state index contributed by atoms with van der Waals surface area (Å²) in [5.74, 6) is -0.216. The second-order valence-corrected chi connectivity index (χ2v) is 8.32. The van der Waals surface area contributed by atoms with Crippen LogP contribution in [0.25, 0.3) is 39.0 Å². The van der Waals surface area contributed by atoms with Crippen molar-refractivity contribution in [2.45, 2.75) is 0 Å². The zero-order valence-corrected chi connectivity index (χ0v) is 22.7. The minimum atomic E-state index is -0.202. The quantitative estimate of drug-likeness (QED) is 0.0903. The standard InChI is InChI=1S/C18H11N2.C15H12O2.Ir/c1-3-7-15-13(5-1)9-11-17(19-15)18-12-10-14-6-2-4-8-16(14)20-18;16-14(12-7-3-1-4-8-12)11-15(17)13-9-5-2-6-10-13;/h1-11H;1-11,16H;/q-1;;/b;14-11-;. The summed E-state index contributed by atoms with van der Waals surface area (Å²) in [6.45, 7) is 0. The zero-order chi connectivity index (χ0) is 25.5. The summed E-state index contributed by atoms with van der Waals surface area (Å²) in [6.07, 6.45) is 1.24. The van der Waals surface area contributed by atoms with Crippen molar-refractivity contribution in [3.05, 3.63) is 151 Å². The second-order valence-electron chi connectivity index (χ2n) is 8.32. The Morgan fingerprint density at radius 3 is 1.87 bits per heavy atom. The van der Waals surface area contributed by atoms with Gasteiger partial charge in [-0.3, -0.25) is 9.78 Å². The molecule has 0 aliphatic rings. The van der Waals surface area contributed by atoms with Gasteiger partial charge in [0.15, 0.2) is 5.78 Å². The van der Waals surface area contributed by atoms with Gasteiger partial charge in [0.05, 0.1) is 5.52 Å². The molecule has 0 aliphatic heterocycles. The van der Waals surface area contributed by atoms with Gasteiger partial charge in [0.25, 0.3) is 0 Å². The molecule has 0 spiro atoms. The molecule has 6 rings (SSSR count). The van der Waals surface area contributed by atoms with Crippen LogP contribution in [0.2, 0.25) is 0 Å². The average Bonchev–Trinajstić information content (AvgIpc) is 2.98. The van der Waals surface area contributed by atoms with Gasteiger partial charge < -0.3 is 10.1 Å². The normalized spacial score (nSPS) is 10.8. The Balaban J connectivity index is 0.000000175. The fourth-order valence-electron chi connectivity index (χ4n) is 3.84. The van der Waals surface area contributed by atoms with Crippen LogP contribution in [-0.4, -0.2) is 20.9 Å². The van der Waals surface area contributed by atoms with E-state index in [0.717, 1.165) is 33.2 Å². The van der Waals surface area contributed by atoms with Crippen LogP contribution < -0.4 is 0 Å². The van der Waals surface area contributed by atoms with E-state index in [4.69, 9.17) is 0 Å². The number of carbonyl (C=O) groups excluding carboxylic acids is 1. The summed E-state index contributed by atoms with van der Waals surface area (Å²) >= 11 is 0. The molecule has 1 N–H and O–H groups in total. The van der Waals surface area contributed by atoms with E-state index in [1.54, 1.807) is 36.4 Å². The zero-order valence-electron chi connectivity index (χ0n) is 20.3. The van der Waals surface area contributed by atoms with Gasteiger partial charge >= 0.3 is 0 Å². The number of fused-ring (bicyclic) bond motifs is 2. The number of aliphatic hydroxyl groups is 1. The summed E-state index contributed by atoms with van der Waals surface area (Å²) in [4.78, 5) is 21.1. The number of pyridine rings is 2. The first-order valence-corrected chi connectivity index (χ1v) is 11.9. The monoisotopic (exact) mass is 672 g/mol. The van der Waals surface area contributed by atoms with E-state index in [9.17, 15) is 9.90 Å². The molecule has 187 valence electrons. The Morgan fingerprint density at radius 1 is 0.632 bits per heavy atom. The van der Waals surface area contributed by atoms with E-state index in [0.29, 0.717) is 11.1 Å². The molecule has 0 bridgehead atoms. The van der Waals surface area contributed by atoms with Crippen molar-refractivity contribution in [3.63, 3.8) is 0 Å². The fraction of sp³-hybridized carbons (Fsp3) is 0. The number of aliphatic hydroxyl groups excluding tert-OH is 1. The maximum absolute atomic E-state index is 11.8. The fourth-order valence-corrected chi connectivity index (χ4v) is 3.84. The third kappa shape index (κ3) is 6.46. The average molecular weight is 672 g/mol. The molecule has 2 heterocycles. The molecular weight excluding hydrogens is 649 g/mol. The predicted octanol–water partition coefficient (Wildman–Crippen LogP) is 7.72. The topological polar surface area (TPSA) is 63.1 Å². The van der Waals surface area contributed by atoms with Crippen LogP contribution in [0.15, 0.2) is 133 Å². The van der Waals surface area contributed by atoms with E-state index < -0.39 is 0 Å². The van der Waals surface area contributed by atoms with Gasteiger partial charge in [-0.05, 0) is 28.9 Å². The third-order valence-corrected chi connectivity index (χ3v) is 5.77. The van der Waals surface area contributed by atoms with Crippen molar-refractivity contribution in [2.24, 2.45) is 0 Å². The number of hydrogen-bond acceptors (Lipinski definition) is 4. The molecule has 0 amide bonds. The Morgan fingerprint density at radius 2 is 1.18 bits per heavy atom. The molecule has 0 aliphatic carbocycles. The molecule has 0 fully saturated rings. The molecule has 4 nitrogen and oxygen atoms in total. The SMILES string of the molecule is O=C(/C=C(\O)c1ccccc1)c1ccccc1.[Ir].[c-]1cc2ccccc2nc1-c1ccc2ccccc2n1. The molecule has 4 aromatic carbocycles. The first-order valence-electron chi connectivity index (χ1n) is 11.9. The number of hydrogen-bond donors (Lipinski definition) is 1.